The summed E-state index contributed by atoms with van der Waals surface area (Å²) in [7, 11) is 1.64. The Morgan fingerprint density at radius 1 is 1.03 bits per heavy atom. The van der Waals surface area contributed by atoms with Crippen LogP contribution in [0, 0.1) is 11.3 Å². The van der Waals surface area contributed by atoms with E-state index in [9.17, 15) is 9.59 Å². The van der Waals surface area contributed by atoms with Gasteiger partial charge in [-0.2, -0.15) is 0 Å². The van der Waals surface area contributed by atoms with E-state index in [4.69, 9.17) is 9.47 Å². The Labute approximate surface area is 208 Å². The van der Waals surface area contributed by atoms with Crippen LogP contribution >= 0.6 is 0 Å². The maximum absolute atomic E-state index is 13.2. The molecule has 5 rings (SSSR count). The number of carbonyl (C=O) groups excluding carboxylic acids is 2. The first-order valence-electron chi connectivity index (χ1n) is 12.9. The van der Waals surface area contributed by atoms with E-state index in [1.54, 1.807) is 7.11 Å². The number of rotatable bonds is 7. The quantitative estimate of drug-likeness (QED) is 0.661. The summed E-state index contributed by atoms with van der Waals surface area (Å²) in [5.74, 6) is 1.18. The molecule has 1 aliphatic carbocycles. The predicted octanol–water partition coefficient (Wildman–Crippen LogP) is 3.73. The molecule has 1 atom stereocenters. The Morgan fingerprint density at radius 2 is 1.77 bits per heavy atom. The number of ether oxygens (including phenoxy) is 2. The van der Waals surface area contributed by atoms with E-state index in [0.717, 1.165) is 69.7 Å². The summed E-state index contributed by atoms with van der Waals surface area (Å²) in [6.07, 6.45) is 5.01. The molecular weight excluding hydrogens is 440 g/mol. The zero-order chi connectivity index (χ0) is 24.3. The van der Waals surface area contributed by atoms with E-state index in [-0.39, 0.29) is 28.6 Å². The van der Waals surface area contributed by atoms with Crippen LogP contribution in [0.2, 0.25) is 0 Å². The number of amides is 2. The van der Waals surface area contributed by atoms with Crippen LogP contribution in [0.3, 0.4) is 0 Å². The number of hydrogen-bond acceptors (Lipinski definition) is 4. The second-order valence-corrected chi connectivity index (χ2v) is 10.5. The number of hydrogen-bond donors (Lipinski definition) is 1. The van der Waals surface area contributed by atoms with Crippen LogP contribution in [0.4, 0.5) is 0 Å². The second kappa shape index (κ2) is 10.0. The molecule has 2 aromatic rings. The van der Waals surface area contributed by atoms with Crippen LogP contribution in [-0.4, -0.2) is 56.7 Å². The summed E-state index contributed by atoms with van der Waals surface area (Å²) >= 11 is 0. The summed E-state index contributed by atoms with van der Waals surface area (Å²) in [4.78, 5) is 28.0. The Kier molecular flexibility index (Phi) is 6.83. The van der Waals surface area contributed by atoms with Crippen LogP contribution < -0.4 is 10.1 Å². The first kappa shape index (κ1) is 23.9. The number of piperidine rings is 1. The van der Waals surface area contributed by atoms with Gasteiger partial charge in [0.15, 0.2) is 0 Å². The van der Waals surface area contributed by atoms with Crippen molar-refractivity contribution in [1.82, 2.24) is 10.2 Å². The molecule has 1 unspecified atom stereocenters. The molecule has 1 N–H and O–H groups in total. The van der Waals surface area contributed by atoms with Gasteiger partial charge in [0.2, 0.25) is 11.8 Å². The minimum atomic E-state index is -0.0485. The number of benzene rings is 2. The largest absolute Gasteiger partial charge is 0.497 e. The molecule has 3 fully saturated rings. The van der Waals surface area contributed by atoms with E-state index >= 15 is 0 Å². The fourth-order valence-electron chi connectivity index (χ4n) is 6.04. The van der Waals surface area contributed by atoms with Crippen molar-refractivity contribution >= 4 is 11.8 Å². The summed E-state index contributed by atoms with van der Waals surface area (Å²) < 4.78 is 10.9. The summed E-state index contributed by atoms with van der Waals surface area (Å²) in [6.45, 7) is 3.60. The molecule has 0 aromatic heterocycles. The third-order valence-electron chi connectivity index (χ3n) is 8.54. The lowest BCUT2D eigenvalue weighted by molar-refractivity contribution is -0.132. The highest BCUT2D eigenvalue weighted by atomic mass is 16.5. The zero-order valence-corrected chi connectivity index (χ0v) is 20.6. The van der Waals surface area contributed by atoms with Gasteiger partial charge in [0, 0.05) is 44.2 Å². The molecule has 1 saturated carbocycles. The van der Waals surface area contributed by atoms with E-state index in [0.29, 0.717) is 13.0 Å². The summed E-state index contributed by atoms with van der Waals surface area (Å²) in [5.41, 5.74) is 2.29. The average Bonchev–Trinajstić information content (AvgIpc) is 3.61. The van der Waals surface area contributed by atoms with Crippen LogP contribution in [0.15, 0.2) is 54.6 Å². The van der Waals surface area contributed by atoms with Crippen LogP contribution in [0.25, 0.3) is 0 Å². The molecular formula is C29H36N2O4. The maximum Gasteiger partial charge on any atom is 0.226 e. The molecule has 3 aliphatic rings. The lowest BCUT2D eigenvalue weighted by Crippen LogP contribution is -2.46. The molecule has 2 amide bonds. The lowest BCUT2D eigenvalue weighted by Gasteiger charge is -2.38. The summed E-state index contributed by atoms with van der Waals surface area (Å²) in [6, 6.07) is 18.2. The van der Waals surface area contributed by atoms with Crippen molar-refractivity contribution in [1.29, 1.82) is 0 Å². The zero-order valence-electron chi connectivity index (χ0n) is 20.6. The predicted molar refractivity (Wildman–Crippen MR) is 134 cm³/mol. The molecule has 6 nitrogen and oxygen atoms in total. The van der Waals surface area contributed by atoms with Gasteiger partial charge in [0.25, 0.3) is 0 Å². The normalized spacial score (nSPS) is 22.4. The topological polar surface area (TPSA) is 67.9 Å². The fourth-order valence-corrected chi connectivity index (χ4v) is 6.04. The van der Waals surface area contributed by atoms with Gasteiger partial charge in [0.1, 0.15) is 5.75 Å². The number of nitrogens with zero attached hydrogens (tertiary/aromatic N) is 1. The smallest absolute Gasteiger partial charge is 0.226 e. The first-order valence-corrected chi connectivity index (χ1v) is 12.9. The maximum atomic E-state index is 13.2. The Balaban J connectivity index is 1.13. The van der Waals surface area contributed by atoms with Crippen molar-refractivity contribution in [2.24, 2.45) is 11.3 Å². The van der Waals surface area contributed by atoms with Crippen molar-refractivity contribution in [2.45, 2.75) is 43.9 Å². The molecule has 0 radical (unpaired) electrons. The number of nitrogens with one attached hydrogen (secondary N) is 1. The Hall–Kier alpha value is -2.86. The third kappa shape index (κ3) is 5.08. The molecule has 2 aliphatic heterocycles. The molecule has 0 bridgehead atoms. The van der Waals surface area contributed by atoms with E-state index in [1.165, 1.54) is 5.56 Å². The average molecular weight is 477 g/mol. The lowest BCUT2D eigenvalue weighted by atomic mass is 9.74. The number of carbonyl (C=O) groups is 2. The van der Waals surface area contributed by atoms with Gasteiger partial charge in [-0.25, -0.2) is 0 Å². The van der Waals surface area contributed by atoms with Crippen molar-refractivity contribution in [2.75, 3.05) is 40.0 Å². The SMILES string of the molecule is COc1cccc(CC(=O)N2CCC3(CC2)CC3C(=O)NCC2(c3ccccc3)CCOCC2)c1. The highest BCUT2D eigenvalue weighted by Crippen LogP contribution is 2.59. The first-order chi connectivity index (χ1) is 17.0. The minimum Gasteiger partial charge on any atom is -0.497 e. The van der Waals surface area contributed by atoms with Gasteiger partial charge in [-0.3, -0.25) is 9.59 Å². The molecule has 2 heterocycles. The molecule has 2 saturated heterocycles. The minimum absolute atomic E-state index is 0.0485. The highest BCUT2D eigenvalue weighted by Gasteiger charge is 2.58. The molecule has 186 valence electrons. The molecule has 2 aromatic carbocycles. The van der Waals surface area contributed by atoms with Gasteiger partial charge < -0.3 is 19.7 Å². The van der Waals surface area contributed by atoms with Crippen molar-refractivity contribution in [3.8, 4) is 5.75 Å². The Morgan fingerprint density at radius 3 is 2.49 bits per heavy atom. The van der Waals surface area contributed by atoms with E-state index < -0.39 is 0 Å². The third-order valence-corrected chi connectivity index (χ3v) is 8.54. The summed E-state index contributed by atoms with van der Waals surface area (Å²) in [5, 5.41) is 3.32. The number of methoxy groups -OCH3 is 1. The Bertz CT molecular complexity index is 1040. The van der Waals surface area contributed by atoms with Crippen LogP contribution in [0.5, 0.6) is 5.75 Å². The number of likely N-dealkylation sites (tertiary alicyclic amines) is 1. The van der Waals surface area contributed by atoms with E-state index in [1.807, 2.05) is 35.2 Å². The second-order valence-electron chi connectivity index (χ2n) is 10.5. The van der Waals surface area contributed by atoms with Gasteiger partial charge >= 0.3 is 0 Å². The molecule has 6 heteroatoms. The van der Waals surface area contributed by atoms with Gasteiger partial charge in [0.05, 0.1) is 13.5 Å². The van der Waals surface area contributed by atoms with Crippen LogP contribution in [-0.2, 0) is 26.2 Å². The van der Waals surface area contributed by atoms with Crippen LogP contribution in [0.1, 0.15) is 43.2 Å². The standard InChI is InChI=1S/C29H36N2O4/c1-34-24-9-5-6-22(18-24)19-26(32)31-14-10-28(11-15-31)20-25(28)27(33)30-21-29(12-16-35-17-13-29)23-7-3-2-4-8-23/h2-9,18,25H,10-17,19-21H2,1H3,(H,30,33). The van der Waals surface area contributed by atoms with Gasteiger partial charge in [-0.15, -0.1) is 0 Å². The van der Waals surface area contributed by atoms with Crippen molar-refractivity contribution in [3.63, 3.8) is 0 Å². The molecule has 35 heavy (non-hydrogen) atoms. The van der Waals surface area contributed by atoms with Crippen molar-refractivity contribution in [3.05, 3.63) is 65.7 Å². The van der Waals surface area contributed by atoms with Gasteiger partial charge in [-0.1, -0.05) is 42.5 Å². The monoisotopic (exact) mass is 476 g/mol. The highest BCUT2D eigenvalue weighted by molar-refractivity contribution is 5.83. The fraction of sp³-hybridized carbons (Fsp3) is 0.517. The van der Waals surface area contributed by atoms with E-state index in [2.05, 4.69) is 29.6 Å². The molecule has 1 spiro atoms. The van der Waals surface area contributed by atoms with Gasteiger partial charge in [-0.05, 0) is 60.8 Å². The van der Waals surface area contributed by atoms with Crippen molar-refractivity contribution < 1.29 is 19.1 Å².